The fourth-order valence-electron chi connectivity index (χ4n) is 1.35. The van der Waals surface area contributed by atoms with E-state index in [1.54, 1.807) is 0 Å². The second-order valence-electron chi connectivity index (χ2n) is 3.45. The molecular weight excluding hydrogens is 148 g/mol. The number of hydrogen-bond acceptors (Lipinski definition) is 1. The summed E-state index contributed by atoms with van der Waals surface area (Å²) in [5, 5.41) is 0. The average Bonchev–Trinajstić information content (AvgIpc) is 2.11. The summed E-state index contributed by atoms with van der Waals surface area (Å²) in [6, 6.07) is 0. The van der Waals surface area contributed by atoms with Gasteiger partial charge in [0.25, 0.3) is 0 Å². The summed E-state index contributed by atoms with van der Waals surface area (Å²) in [7, 11) is 0. The van der Waals surface area contributed by atoms with Crippen LogP contribution in [0.4, 0.5) is 0 Å². The summed E-state index contributed by atoms with van der Waals surface area (Å²) < 4.78 is 0. The van der Waals surface area contributed by atoms with E-state index in [9.17, 15) is 4.79 Å². The van der Waals surface area contributed by atoms with Crippen molar-refractivity contribution in [3.63, 3.8) is 0 Å². The van der Waals surface area contributed by atoms with Crippen LogP contribution in [0.2, 0.25) is 0 Å². The topological polar surface area (TPSA) is 17.1 Å². The van der Waals surface area contributed by atoms with Crippen LogP contribution in [0.15, 0.2) is 0 Å². The van der Waals surface area contributed by atoms with Gasteiger partial charge < -0.3 is 0 Å². The largest absolute Gasteiger partial charge is 0.291 e. The van der Waals surface area contributed by atoms with Crippen LogP contribution in [0.5, 0.6) is 0 Å². The summed E-state index contributed by atoms with van der Waals surface area (Å²) in [6.45, 7) is 4.35. The van der Waals surface area contributed by atoms with Gasteiger partial charge in [-0.3, -0.25) is 4.79 Å². The van der Waals surface area contributed by atoms with Crippen LogP contribution >= 0.6 is 0 Å². The van der Waals surface area contributed by atoms with Gasteiger partial charge in [0, 0.05) is 5.92 Å². The highest BCUT2D eigenvalue weighted by molar-refractivity contribution is 5.54. The highest BCUT2D eigenvalue weighted by Crippen LogP contribution is 2.14. The van der Waals surface area contributed by atoms with Crippen molar-refractivity contribution in [3.8, 4) is 0 Å². The van der Waals surface area contributed by atoms with Crippen molar-refractivity contribution in [2.24, 2.45) is 5.92 Å². The number of carbonyl (C=O) groups excluding carboxylic acids is 1. The van der Waals surface area contributed by atoms with Gasteiger partial charge in [-0.05, 0) is 12.8 Å². The fraction of sp³-hybridized carbons (Fsp3) is 0.909. The van der Waals surface area contributed by atoms with Crippen LogP contribution in [0, 0.1) is 5.92 Å². The summed E-state index contributed by atoms with van der Waals surface area (Å²) in [5.74, 6) is 0.219. The molecule has 1 heteroatoms. The first kappa shape index (κ1) is 11.7. The molecule has 0 amide bonds. The molecule has 0 N–H and O–H groups in total. The van der Waals surface area contributed by atoms with Gasteiger partial charge in [0.2, 0.25) is 6.29 Å². The van der Waals surface area contributed by atoms with E-state index in [-0.39, 0.29) is 5.92 Å². The van der Waals surface area contributed by atoms with Crippen LogP contribution in [0.3, 0.4) is 0 Å². The molecule has 1 radical (unpaired) electrons. The van der Waals surface area contributed by atoms with E-state index >= 15 is 0 Å². The quantitative estimate of drug-likeness (QED) is 0.508. The minimum Gasteiger partial charge on any atom is -0.291 e. The highest BCUT2D eigenvalue weighted by Gasteiger charge is 2.06. The Balaban J connectivity index is 3.32. The lowest BCUT2D eigenvalue weighted by Crippen LogP contribution is -2.01. The molecule has 0 aromatic rings. The molecule has 0 aromatic heterocycles. The van der Waals surface area contributed by atoms with Gasteiger partial charge in [-0.1, -0.05) is 46.0 Å². The zero-order chi connectivity index (χ0) is 9.23. The Morgan fingerprint density at radius 3 is 2.08 bits per heavy atom. The van der Waals surface area contributed by atoms with Crippen LogP contribution < -0.4 is 0 Å². The molecule has 0 bridgehead atoms. The Hall–Kier alpha value is -0.330. The summed E-state index contributed by atoms with van der Waals surface area (Å²) in [6.07, 6.45) is 10.3. The first-order chi connectivity index (χ1) is 5.85. The Morgan fingerprint density at radius 2 is 1.58 bits per heavy atom. The molecule has 0 saturated carbocycles. The summed E-state index contributed by atoms with van der Waals surface area (Å²) in [5.41, 5.74) is 0. The Bertz CT molecular complexity index is 99.2. The molecule has 1 atom stereocenters. The Kier molecular flexibility index (Phi) is 8.52. The summed E-state index contributed by atoms with van der Waals surface area (Å²) in [4.78, 5) is 10.5. The normalized spacial score (nSPS) is 12.8. The second-order valence-corrected chi connectivity index (χ2v) is 3.45. The predicted molar refractivity (Wildman–Crippen MR) is 52.9 cm³/mol. The van der Waals surface area contributed by atoms with Crippen molar-refractivity contribution in [2.45, 2.75) is 58.8 Å². The van der Waals surface area contributed by atoms with Gasteiger partial charge in [-0.15, -0.1) is 0 Å². The lowest BCUT2D eigenvalue weighted by Gasteiger charge is -2.06. The number of unbranched alkanes of at least 4 members (excludes halogenated alkanes) is 3. The molecule has 0 heterocycles. The van der Waals surface area contributed by atoms with E-state index in [1.165, 1.54) is 32.1 Å². The Labute approximate surface area is 76.6 Å². The van der Waals surface area contributed by atoms with Crippen molar-refractivity contribution < 1.29 is 4.79 Å². The monoisotopic (exact) mass is 169 g/mol. The van der Waals surface area contributed by atoms with Crippen LogP contribution in [0.1, 0.15) is 58.8 Å². The molecule has 0 rings (SSSR count). The van der Waals surface area contributed by atoms with Crippen molar-refractivity contribution in [3.05, 3.63) is 0 Å². The van der Waals surface area contributed by atoms with Gasteiger partial charge in [-0.2, -0.15) is 0 Å². The Morgan fingerprint density at radius 1 is 1.00 bits per heavy atom. The minimum absolute atomic E-state index is 0.219. The molecule has 1 unspecified atom stereocenters. The van der Waals surface area contributed by atoms with Crippen LogP contribution in [0.25, 0.3) is 0 Å². The standard InChI is InChI=1S/C11H21O/c1-3-5-7-9-11(10-12)8-6-4-2/h11H,3-9H2,1-2H3. The third-order valence-electron chi connectivity index (χ3n) is 2.23. The lowest BCUT2D eigenvalue weighted by molar-refractivity contribution is 0.464. The molecule has 0 saturated heterocycles. The van der Waals surface area contributed by atoms with Gasteiger partial charge in [0.15, 0.2) is 0 Å². The first-order valence-corrected chi connectivity index (χ1v) is 5.22. The van der Waals surface area contributed by atoms with Crippen molar-refractivity contribution in [1.82, 2.24) is 0 Å². The summed E-state index contributed by atoms with van der Waals surface area (Å²) >= 11 is 0. The van der Waals surface area contributed by atoms with Gasteiger partial charge in [0.1, 0.15) is 0 Å². The lowest BCUT2D eigenvalue weighted by atomic mass is 9.97. The highest BCUT2D eigenvalue weighted by atomic mass is 16.1. The zero-order valence-electron chi connectivity index (χ0n) is 8.44. The van der Waals surface area contributed by atoms with E-state index < -0.39 is 0 Å². The first-order valence-electron chi connectivity index (χ1n) is 5.22. The molecule has 71 valence electrons. The van der Waals surface area contributed by atoms with E-state index in [0.29, 0.717) is 0 Å². The molecule has 1 nitrogen and oxygen atoms in total. The second kappa shape index (κ2) is 8.76. The molecule has 0 fully saturated rings. The minimum atomic E-state index is 0.219. The van der Waals surface area contributed by atoms with Crippen molar-refractivity contribution in [2.75, 3.05) is 0 Å². The maximum atomic E-state index is 10.5. The van der Waals surface area contributed by atoms with E-state index in [2.05, 4.69) is 20.1 Å². The molecule has 0 aromatic carbocycles. The van der Waals surface area contributed by atoms with Crippen molar-refractivity contribution >= 4 is 6.29 Å². The third kappa shape index (κ3) is 6.38. The van der Waals surface area contributed by atoms with Crippen LogP contribution in [-0.4, -0.2) is 6.29 Å². The van der Waals surface area contributed by atoms with Crippen LogP contribution in [-0.2, 0) is 4.79 Å². The van der Waals surface area contributed by atoms with Crippen molar-refractivity contribution in [1.29, 1.82) is 0 Å². The van der Waals surface area contributed by atoms with Gasteiger partial charge in [-0.25, -0.2) is 0 Å². The van der Waals surface area contributed by atoms with Gasteiger partial charge in [0.05, 0.1) is 0 Å². The molecule has 0 aliphatic carbocycles. The van der Waals surface area contributed by atoms with E-state index in [0.717, 1.165) is 12.8 Å². The van der Waals surface area contributed by atoms with E-state index in [4.69, 9.17) is 0 Å². The molecule has 0 aliphatic rings. The fourth-order valence-corrected chi connectivity index (χ4v) is 1.35. The number of rotatable bonds is 8. The maximum absolute atomic E-state index is 10.5. The maximum Gasteiger partial charge on any atom is 0.201 e. The number of hydrogen-bond donors (Lipinski definition) is 0. The van der Waals surface area contributed by atoms with Gasteiger partial charge >= 0.3 is 0 Å². The molecule has 12 heavy (non-hydrogen) atoms. The SMILES string of the molecule is CCCCCC([C]=O)CCCC. The third-order valence-corrected chi connectivity index (χ3v) is 2.23. The smallest absolute Gasteiger partial charge is 0.201 e. The van der Waals surface area contributed by atoms with E-state index in [1.807, 2.05) is 0 Å². The predicted octanol–water partition coefficient (Wildman–Crippen LogP) is 3.48. The zero-order valence-corrected chi connectivity index (χ0v) is 8.44. The molecule has 0 spiro atoms. The average molecular weight is 169 g/mol. The molecular formula is C11H21O. The molecule has 0 aliphatic heterocycles.